The molecule has 1 fully saturated rings. The van der Waals surface area contributed by atoms with Crippen molar-refractivity contribution in [1.82, 2.24) is 20.1 Å². The van der Waals surface area contributed by atoms with Gasteiger partial charge in [-0.15, -0.1) is 10.2 Å². The molecule has 0 bridgehead atoms. The van der Waals surface area contributed by atoms with Crippen LogP contribution in [0.3, 0.4) is 0 Å². The Morgan fingerprint density at radius 2 is 1.77 bits per heavy atom. The number of rotatable bonds is 7. The molecule has 4 rings (SSSR count). The molecule has 0 radical (unpaired) electrons. The van der Waals surface area contributed by atoms with Gasteiger partial charge in [0, 0.05) is 13.1 Å². The Bertz CT molecular complexity index is 981. The number of nitrogens with one attached hydrogen (secondary N) is 1. The summed E-state index contributed by atoms with van der Waals surface area (Å²) in [6.07, 6.45) is 2.34. The first-order valence-corrected chi connectivity index (χ1v) is 11.3. The van der Waals surface area contributed by atoms with Gasteiger partial charge in [-0.1, -0.05) is 59.8 Å². The van der Waals surface area contributed by atoms with Gasteiger partial charge in [-0.2, -0.15) is 0 Å². The molecule has 1 aliphatic rings. The third kappa shape index (κ3) is 4.67. The van der Waals surface area contributed by atoms with Gasteiger partial charge < -0.3 is 10.2 Å². The fourth-order valence-corrected chi connectivity index (χ4v) is 4.39. The summed E-state index contributed by atoms with van der Waals surface area (Å²) in [6, 6.07) is 18.3. The number of hydrogen-bond acceptors (Lipinski definition) is 5. The number of nitrogens with zero attached hydrogens (tertiary/aromatic N) is 4. The van der Waals surface area contributed by atoms with Crippen molar-refractivity contribution in [3.63, 3.8) is 0 Å². The number of carbonyl (C=O) groups excluding carboxylic acids is 1. The molecule has 3 aromatic rings. The van der Waals surface area contributed by atoms with Crippen LogP contribution in [0.2, 0.25) is 0 Å². The zero-order valence-electron chi connectivity index (χ0n) is 17.4. The van der Waals surface area contributed by atoms with Gasteiger partial charge >= 0.3 is 0 Å². The third-order valence-electron chi connectivity index (χ3n) is 5.31. The van der Waals surface area contributed by atoms with Crippen LogP contribution < -0.4 is 10.2 Å². The quantitative estimate of drug-likeness (QED) is 0.581. The zero-order chi connectivity index (χ0) is 20.9. The fraction of sp³-hybridized carbons (Fsp3) is 0.348. The molecule has 1 saturated heterocycles. The smallest absolute Gasteiger partial charge is 0.232 e. The number of benzene rings is 2. The van der Waals surface area contributed by atoms with Crippen molar-refractivity contribution >= 4 is 23.6 Å². The summed E-state index contributed by atoms with van der Waals surface area (Å²) < 4.78 is 2.07. The Kier molecular flexibility index (Phi) is 6.38. The lowest BCUT2D eigenvalue weighted by atomic mass is 10.1. The summed E-state index contributed by atoms with van der Waals surface area (Å²) in [5, 5.41) is 12.7. The van der Waals surface area contributed by atoms with Crippen molar-refractivity contribution in [2.75, 3.05) is 23.7 Å². The highest BCUT2D eigenvalue weighted by Crippen LogP contribution is 2.28. The highest BCUT2D eigenvalue weighted by atomic mass is 32.2. The van der Waals surface area contributed by atoms with E-state index in [-0.39, 0.29) is 11.9 Å². The first-order chi connectivity index (χ1) is 14.6. The van der Waals surface area contributed by atoms with E-state index >= 15 is 0 Å². The molecule has 1 amide bonds. The van der Waals surface area contributed by atoms with E-state index in [1.165, 1.54) is 30.2 Å². The molecule has 2 heterocycles. The number of thioether (sulfide) groups is 1. The van der Waals surface area contributed by atoms with Gasteiger partial charge in [0.05, 0.1) is 17.5 Å². The summed E-state index contributed by atoms with van der Waals surface area (Å²) in [5.41, 5.74) is 3.32. The molecule has 7 heteroatoms. The van der Waals surface area contributed by atoms with Crippen LogP contribution in [0.15, 0.2) is 59.8 Å². The van der Waals surface area contributed by atoms with Crippen molar-refractivity contribution < 1.29 is 4.79 Å². The van der Waals surface area contributed by atoms with Crippen LogP contribution in [-0.4, -0.2) is 39.5 Å². The number of anilines is 1. The molecule has 1 unspecified atom stereocenters. The maximum absolute atomic E-state index is 12.6. The maximum atomic E-state index is 12.6. The van der Waals surface area contributed by atoms with Gasteiger partial charge in [0.25, 0.3) is 0 Å². The number of aromatic nitrogens is 3. The van der Waals surface area contributed by atoms with Crippen molar-refractivity contribution in [1.29, 1.82) is 0 Å². The summed E-state index contributed by atoms with van der Waals surface area (Å²) in [4.78, 5) is 14.8. The normalized spacial score (nSPS) is 14.7. The van der Waals surface area contributed by atoms with Crippen LogP contribution >= 0.6 is 11.8 Å². The predicted molar refractivity (Wildman–Crippen MR) is 121 cm³/mol. The van der Waals surface area contributed by atoms with E-state index in [4.69, 9.17) is 0 Å². The van der Waals surface area contributed by atoms with E-state index in [1.54, 1.807) is 0 Å². The van der Waals surface area contributed by atoms with Crippen LogP contribution in [0.25, 0.3) is 5.69 Å². The first kappa shape index (κ1) is 20.5. The Balaban J connectivity index is 1.49. The number of aryl methyl sites for hydroxylation is 1. The van der Waals surface area contributed by atoms with Crippen LogP contribution in [0, 0.1) is 6.92 Å². The molecule has 1 N–H and O–H groups in total. The van der Waals surface area contributed by atoms with Gasteiger partial charge in [0.1, 0.15) is 0 Å². The van der Waals surface area contributed by atoms with E-state index < -0.39 is 0 Å². The number of hydrogen-bond donors (Lipinski definition) is 1. The highest BCUT2D eigenvalue weighted by molar-refractivity contribution is 7.99. The molecule has 2 aromatic carbocycles. The molecular weight excluding hydrogens is 394 g/mol. The van der Waals surface area contributed by atoms with Gasteiger partial charge in [0.15, 0.2) is 5.16 Å². The van der Waals surface area contributed by atoms with Crippen LogP contribution in [0.5, 0.6) is 0 Å². The second-order valence-electron chi connectivity index (χ2n) is 7.64. The number of carbonyl (C=O) groups is 1. The SMILES string of the molecule is Cc1ccc(-n2c(SCC(=O)NC(C)c3ccccc3)nnc2N2CCCC2)cc1. The van der Waals surface area contributed by atoms with Gasteiger partial charge in [-0.05, 0) is 44.4 Å². The van der Waals surface area contributed by atoms with E-state index in [9.17, 15) is 4.79 Å². The van der Waals surface area contributed by atoms with Gasteiger partial charge in [-0.25, -0.2) is 0 Å². The predicted octanol–water partition coefficient (Wildman–Crippen LogP) is 4.15. The molecule has 30 heavy (non-hydrogen) atoms. The van der Waals surface area contributed by atoms with Crippen LogP contribution in [0.4, 0.5) is 5.95 Å². The summed E-state index contributed by atoms with van der Waals surface area (Å²) in [5.74, 6) is 1.13. The number of amides is 1. The molecule has 0 spiro atoms. The zero-order valence-corrected chi connectivity index (χ0v) is 18.2. The molecule has 1 aliphatic heterocycles. The second kappa shape index (κ2) is 9.34. The lowest BCUT2D eigenvalue weighted by Crippen LogP contribution is -2.28. The van der Waals surface area contributed by atoms with Crippen LogP contribution in [-0.2, 0) is 4.79 Å². The maximum Gasteiger partial charge on any atom is 0.232 e. The van der Waals surface area contributed by atoms with Gasteiger partial charge in [0.2, 0.25) is 11.9 Å². The molecule has 6 nitrogen and oxygen atoms in total. The molecule has 156 valence electrons. The second-order valence-corrected chi connectivity index (χ2v) is 8.58. The van der Waals surface area contributed by atoms with E-state index in [0.29, 0.717) is 5.75 Å². The van der Waals surface area contributed by atoms with Crippen molar-refractivity contribution in [3.05, 3.63) is 65.7 Å². The van der Waals surface area contributed by atoms with E-state index in [0.717, 1.165) is 35.4 Å². The fourth-order valence-electron chi connectivity index (χ4n) is 3.64. The van der Waals surface area contributed by atoms with Gasteiger partial charge in [-0.3, -0.25) is 9.36 Å². The molecule has 1 aromatic heterocycles. The standard InChI is InChI=1S/C23H27N5OS/c1-17-10-12-20(13-11-17)28-22(27-14-6-7-15-27)25-26-23(28)30-16-21(29)24-18(2)19-8-4-3-5-9-19/h3-5,8-13,18H,6-7,14-16H2,1-2H3,(H,24,29). The average Bonchev–Trinajstić information content (AvgIpc) is 3.43. The van der Waals surface area contributed by atoms with Crippen molar-refractivity contribution in [2.45, 2.75) is 37.9 Å². The van der Waals surface area contributed by atoms with E-state index in [2.05, 4.69) is 56.2 Å². The molecule has 1 atom stereocenters. The highest BCUT2D eigenvalue weighted by Gasteiger charge is 2.23. The Morgan fingerprint density at radius 3 is 2.47 bits per heavy atom. The summed E-state index contributed by atoms with van der Waals surface area (Å²) in [6.45, 7) is 6.05. The van der Waals surface area contributed by atoms with Crippen LogP contribution in [0.1, 0.15) is 36.9 Å². The summed E-state index contributed by atoms with van der Waals surface area (Å²) >= 11 is 1.42. The third-order valence-corrected chi connectivity index (χ3v) is 6.24. The summed E-state index contributed by atoms with van der Waals surface area (Å²) in [7, 11) is 0. The van der Waals surface area contributed by atoms with Crippen molar-refractivity contribution in [2.24, 2.45) is 0 Å². The minimum Gasteiger partial charge on any atom is -0.349 e. The largest absolute Gasteiger partial charge is 0.349 e. The minimum atomic E-state index is -0.0329. The average molecular weight is 422 g/mol. The first-order valence-electron chi connectivity index (χ1n) is 10.4. The molecule has 0 aliphatic carbocycles. The lowest BCUT2D eigenvalue weighted by Gasteiger charge is -2.18. The molecular formula is C23H27N5OS. The van der Waals surface area contributed by atoms with E-state index in [1.807, 2.05) is 37.3 Å². The Morgan fingerprint density at radius 1 is 1.07 bits per heavy atom. The topological polar surface area (TPSA) is 63.1 Å². The Hall–Kier alpha value is -2.80. The lowest BCUT2D eigenvalue weighted by molar-refractivity contribution is -0.119. The minimum absolute atomic E-state index is 0.0162. The van der Waals surface area contributed by atoms with Crippen molar-refractivity contribution in [3.8, 4) is 5.69 Å². The molecule has 0 saturated carbocycles. The Labute approximate surface area is 181 Å². The monoisotopic (exact) mass is 421 g/mol.